The van der Waals surface area contributed by atoms with Crippen LogP contribution in [0.1, 0.15) is 45.6 Å². The minimum atomic E-state index is -0.300. The average Bonchev–Trinajstić information content (AvgIpc) is 2.44. The molecule has 0 aliphatic rings. The second-order valence-electron chi connectivity index (χ2n) is 5.52. The Morgan fingerprint density at radius 3 is 2.45 bits per heavy atom. The summed E-state index contributed by atoms with van der Waals surface area (Å²) in [6.45, 7) is 7.87. The Labute approximate surface area is 123 Å². The third-order valence-corrected chi connectivity index (χ3v) is 3.34. The number of aliphatic hydroxyl groups is 1. The largest absolute Gasteiger partial charge is 0.493 e. The number of hydrogen-bond acceptors (Lipinski definition) is 3. The van der Waals surface area contributed by atoms with E-state index in [-0.39, 0.29) is 6.10 Å². The molecule has 20 heavy (non-hydrogen) atoms. The molecular formula is C17H29NO2. The molecule has 0 amide bonds. The summed E-state index contributed by atoms with van der Waals surface area (Å²) in [6, 6.07) is 8.86. The highest BCUT2D eigenvalue weighted by Crippen LogP contribution is 2.14. The summed E-state index contributed by atoms with van der Waals surface area (Å²) >= 11 is 0. The zero-order chi connectivity index (χ0) is 14.8. The van der Waals surface area contributed by atoms with Gasteiger partial charge < -0.3 is 15.2 Å². The van der Waals surface area contributed by atoms with Gasteiger partial charge in [0.1, 0.15) is 5.75 Å². The highest BCUT2D eigenvalue weighted by molar-refractivity contribution is 5.27. The predicted octanol–water partition coefficient (Wildman–Crippen LogP) is 3.16. The topological polar surface area (TPSA) is 41.5 Å². The van der Waals surface area contributed by atoms with E-state index in [1.54, 1.807) is 6.92 Å². The van der Waals surface area contributed by atoms with Crippen LogP contribution in [-0.4, -0.2) is 30.4 Å². The molecule has 0 spiro atoms. The standard InChI is InChI=1S/C17H29NO2/c1-4-12-18-14(2)5-6-16-7-9-17(10-8-16)20-13-11-15(3)19/h7-10,14-15,18-19H,4-6,11-13H2,1-3H3. The summed E-state index contributed by atoms with van der Waals surface area (Å²) in [5.41, 5.74) is 1.35. The van der Waals surface area contributed by atoms with E-state index in [2.05, 4.69) is 31.3 Å². The lowest BCUT2D eigenvalue weighted by molar-refractivity contribution is 0.155. The van der Waals surface area contributed by atoms with Crippen LogP contribution in [0, 0.1) is 0 Å². The number of nitrogens with one attached hydrogen (secondary N) is 1. The number of aliphatic hydroxyl groups excluding tert-OH is 1. The molecule has 0 saturated heterocycles. The van der Waals surface area contributed by atoms with Gasteiger partial charge in [0.25, 0.3) is 0 Å². The maximum Gasteiger partial charge on any atom is 0.119 e. The van der Waals surface area contributed by atoms with Crippen molar-refractivity contribution in [2.45, 2.75) is 58.6 Å². The molecule has 2 N–H and O–H groups in total. The van der Waals surface area contributed by atoms with Gasteiger partial charge in [-0.15, -0.1) is 0 Å². The Hall–Kier alpha value is -1.06. The average molecular weight is 279 g/mol. The number of rotatable bonds is 10. The molecule has 0 bridgehead atoms. The van der Waals surface area contributed by atoms with E-state index in [1.165, 1.54) is 12.0 Å². The van der Waals surface area contributed by atoms with Gasteiger partial charge in [-0.05, 0) is 57.4 Å². The normalized spacial score (nSPS) is 14.0. The number of hydrogen-bond donors (Lipinski definition) is 2. The first kappa shape index (κ1) is 17.0. The van der Waals surface area contributed by atoms with Crippen molar-refractivity contribution in [3.63, 3.8) is 0 Å². The Morgan fingerprint density at radius 1 is 1.15 bits per heavy atom. The molecule has 1 aromatic carbocycles. The van der Waals surface area contributed by atoms with Crippen LogP contribution in [0.4, 0.5) is 0 Å². The minimum Gasteiger partial charge on any atom is -0.493 e. The lowest BCUT2D eigenvalue weighted by Gasteiger charge is -2.13. The summed E-state index contributed by atoms with van der Waals surface area (Å²) in [5.74, 6) is 0.881. The van der Waals surface area contributed by atoms with Crippen LogP contribution in [0.3, 0.4) is 0 Å². The van der Waals surface area contributed by atoms with E-state index in [9.17, 15) is 5.11 Å². The molecule has 114 valence electrons. The van der Waals surface area contributed by atoms with Gasteiger partial charge in [-0.1, -0.05) is 19.1 Å². The van der Waals surface area contributed by atoms with Gasteiger partial charge in [0.2, 0.25) is 0 Å². The van der Waals surface area contributed by atoms with Crippen molar-refractivity contribution < 1.29 is 9.84 Å². The smallest absolute Gasteiger partial charge is 0.119 e. The fourth-order valence-corrected chi connectivity index (χ4v) is 1.98. The van der Waals surface area contributed by atoms with Crippen LogP contribution in [0.5, 0.6) is 5.75 Å². The maximum absolute atomic E-state index is 9.17. The summed E-state index contributed by atoms with van der Waals surface area (Å²) in [6.07, 6.45) is 3.80. The second kappa shape index (κ2) is 9.78. The van der Waals surface area contributed by atoms with E-state index in [0.29, 0.717) is 19.1 Å². The maximum atomic E-state index is 9.17. The molecule has 0 fully saturated rings. The van der Waals surface area contributed by atoms with Crippen molar-refractivity contribution in [2.24, 2.45) is 0 Å². The lowest BCUT2D eigenvalue weighted by atomic mass is 10.1. The molecule has 1 rings (SSSR count). The van der Waals surface area contributed by atoms with Crippen LogP contribution in [0.25, 0.3) is 0 Å². The molecule has 0 aliphatic heterocycles. The quantitative estimate of drug-likeness (QED) is 0.691. The van der Waals surface area contributed by atoms with E-state index < -0.39 is 0 Å². The van der Waals surface area contributed by atoms with Gasteiger partial charge in [-0.3, -0.25) is 0 Å². The van der Waals surface area contributed by atoms with Gasteiger partial charge in [-0.25, -0.2) is 0 Å². The number of aryl methyl sites for hydroxylation is 1. The Bertz CT molecular complexity index is 349. The molecule has 0 aromatic heterocycles. The van der Waals surface area contributed by atoms with E-state index in [0.717, 1.165) is 25.1 Å². The minimum absolute atomic E-state index is 0.300. The van der Waals surface area contributed by atoms with Crippen molar-refractivity contribution in [3.05, 3.63) is 29.8 Å². The summed E-state index contributed by atoms with van der Waals surface area (Å²) < 4.78 is 5.58. The van der Waals surface area contributed by atoms with Crippen LogP contribution < -0.4 is 10.1 Å². The molecule has 0 heterocycles. The first-order valence-electron chi connectivity index (χ1n) is 7.75. The first-order chi connectivity index (χ1) is 9.61. The highest BCUT2D eigenvalue weighted by Gasteiger charge is 2.02. The fraction of sp³-hybridized carbons (Fsp3) is 0.647. The first-order valence-corrected chi connectivity index (χ1v) is 7.75. The SMILES string of the molecule is CCCNC(C)CCc1ccc(OCCC(C)O)cc1. The molecule has 0 radical (unpaired) electrons. The molecule has 2 atom stereocenters. The molecule has 0 aliphatic carbocycles. The van der Waals surface area contributed by atoms with Crippen molar-refractivity contribution in [3.8, 4) is 5.75 Å². The molecular weight excluding hydrogens is 250 g/mol. The van der Waals surface area contributed by atoms with Gasteiger partial charge in [0.05, 0.1) is 12.7 Å². The molecule has 0 saturated carbocycles. The zero-order valence-electron chi connectivity index (χ0n) is 13.1. The van der Waals surface area contributed by atoms with E-state index >= 15 is 0 Å². The third-order valence-electron chi connectivity index (χ3n) is 3.34. The Balaban J connectivity index is 2.27. The predicted molar refractivity (Wildman–Crippen MR) is 84.3 cm³/mol. The van der Waals surface area contributed by atoms with E-state index in [4.69, 9.17) is 4.74 Å². The zero-order valence-corrected chi connectivity index (χ0v) is 13.1. The molecule has 2 unspecified atom stereocenters. The van der Waals surface area contributed by atoms with Gasteiger partial charge in [-0.2, -0.15) is 0 Å². The van der Waals surface area contributed by atoms with Crippen molar-refractivity contribution in [1.29, 1.82) is 0 Å². The molecule has 3 heteroatoms. The summed E-state index contributed by atoms with van der Waals surface area (Å²) in [4.78, 5) is 0. The van der Waals surface area contributed by atoms with Crippen LogP contribution >= 0.6 is 0 Å². The third kappa shape index (κ3) is 7.51. The number of benzene rings is 1. The monoisotopic (exact) mass is 279 g/mol. The van der Waals surface area contributed by atoms with Gasteiger partial charge in [0.15, 0.2) is 0 Å². The van der Waals surface area contributed by atoms with Crippen molar-refractivity contribution >= 4 is 0 Å². The molecule has 1 aromatic rings. The van der Waals surface area contributed by atoms with Crippen LogP contribution in [0.2, 0.25) is 0 Å². The van der Waals surface area contributed by atoms with Crippen LogP contribution in [-0.2, 0) is 6.42 Å². The van der Waals surface area contributed by atoms with Crippen molar-refractivity contribution in [1.82, 2.24) is 5.32 Å². The number of ether oxygens (including phenoxy) is 1. The fourth-order valence-electron chi connectivity index (χ4n) is 1.98. The summed E-state index contributed by atoms with van der Waals surface area (Å²) in [7, 11) is 0. The van der Waals surface area contributed by atoms with Gasteiger partial charge in [0, 0.05) is 12.5 Å². The lowest BCUT2D eigenvalue weighted by Crippen LogP contribution is -2.27. The van der Waals surface area contributed by atoms with E-state index in [1.807, 2.05) is 12.1 Å². The Kier molecular flexibility index (Phi) is 8.31. The second-order valence-corrected chi connectivity index (χ2v) is 5.52. The van der Waals surface area contributed by atoms with Gasteiger partial charge >= 0.3 is 0 Å². The highest BCUT2D eigenvalue weighted by atomic mass is 16.5. The Morgan fingerprint density at radius 2 is 1.85 bits per heavy atom. The van der Waals surface area contributed by atoms with Crippen molar-refractivity contribution in [2.75, 3.05) is 13.2 Å². The summed E-state index contributed by atoms with van der Waals surface area (Å²) in [5, 5.41) is 12.7. The molecule has 3 nitrogen and oxygen atoms in total. The van der Waals surface area contributed by atoms with Crippen LogP contribution in [0.15, 0.2) is 24.3 Å².